The molecule has 0 saturated carbocycles. The molecule has 0 radical (unpaired) electrons. The number of nitrogens with zero attached hydrogens (tertiary/aromatic N) is 1. The van der Waals surface area contributed by atoms with Crippen molar-refractivity contribution < 1.29 is 14.7 Å². The first-order valence-electron chi connectivity index (χ1n) is 5.17. The molecule has 0 aliphatic carbocycles. The lowest BCUT2D eigenvalue weighted by atomic mass is 10.1. The van der Waals surface area contributed by atoms with Gasteiger partial charge in [0.1, 0.15) is 6.04 Å². The SMILES string of the molecule is Nc1ccc(Br)c(C(=O)N2CSCC2C(=O)O)c1. The zero-order chi connectivity index (χ0) is 13.3. The number of hydrogen-bond donors (Lipinski definition) is 2. The van der Waals surface area contributed by atoms with E-state index in [1.807, 2.05) is 0 Å². The highest BCUT2D eigenvalue weighted by molar-refractivity contribution is 9.10. The molecule has 1 fully saturated rings. The van der Waals surface area contributed by atoms with Gasteiger partial charge in [0, 0.05) is 15.9 Å². The van der Waals surface area contributed by atoms with Gasteiger partial charge in [-0.15, -0.1) is 11.8 Å². The fourth-order valence-electron chi connectivity index (χ4n) is 1.71. The Bertz CT molecular complexity index is 509. The van der Waals surface area contributed by atoms with Crippen molar-refractivity contribution in [2.75, 3.05) is 17.4 Å². The standard InChI is InChI=1S/C11H11BrN2O3S/c12-8-2-1-6(13)3-7(8)10(15)14-5-18-4-9(14)11(16)17/h1-3,9H,4-5,13H2,(H,16,17). The van der Waals surface area contributed by atoms with Crippen LogP contribution in [-0.2, 0) is 4.79 Å². The Kier molecular flexibility index (Phi) is 3.82. The second-order valence-electron chi connectivity index (χ2n) is 3.87. The number of carbonyl (C=O) groups excluding carboxylic acids is 1. The molecule has 1 aliphatic heterocycles. The van der Waals surface area contributed by atoms with Crippen molar-refractivity contribution in [3.05, 3.63) is 28.2 Å². The van der Waals surface area contributed by atoms with Crippen LogP contribution in [0.5, 0.6) is 0 Å². The third-order valence-electron chi connectivity index (χ3n) is 2.65. The number of aliphatic carboxylic acids is 1. The molecule has 1 amide bonds. The van der Waals surface area contributed by atoms with Gasteiger partial charge in [0.2, 0.25) is 0 Å². The van der Waals surface area contributed by atoms with Crippen LogP contribution in [0.3, 0.4) is 0 Å². The maximum absolute atomic E-state index is 12.3. The molecule has 1 atom stereocenters. The molecule has 1 aromatic carbocycles. The molecule has 1 unspecified atom stereocenters. The van der Waals surface area contributed by atoms with Crippen molar-refractivity contribution in [3.63, 3.8) is 0 Å². The fraction of sp³-hybridized carbons (Fsp3) is 0.273. The Morgan fingerprint density at radius 3 is 2.89 bits per heavy atom. The van der Waals surface area contributed by atoms with Crippen molar-refractivity contribution in [1.29, 1.82) is 0 Å². The van der Waals surface area contributed by atoms with Gasteiger partial charge in [-0.05, 0) is 34.1 Å². The van der Waals surface area contributed by atoms with Crippen LogP contribution >= 0.6 is 27.7 Å². The Balaban J connectivity index is 2.31. The maximum Gasteiger partial charge on any atom is 0.327 e. The van der Waals surface area contributed by atoms with Crippen molar-refractivity contribution in [3.8, 4) is 0 Å². The molecule has 2 rings (SSSR count). The van der Waals surface area contributed by atoms with Gasteiger partial charge in [-0.25, -0.2) is 4.79 Å². The number of nitrogen functional groups attached to an aromatic ring is 1. The minimum Gasteiger partial charge on any atom is -0.480 e. The van der Waals surface area contributed by atoms with Crippen molar-refractivity contribution >= 4 is 45.3 Å². The molecule has 1 saturated heterocycles. The smallest absolute Gasteiger partial charge is 0.327 e. The maximum atomic E-state index is 12.3. The number of hydrogen-bond acceptors (Lipinski definition) is 4. The van der Waals surface area contributed by atoms with E-state index in [1.54, 1.807) is 18.2 Å². The summed E-state index contributed by atoms with van der Waals surface area (Å²) < 4.78 is 0.614. The predicted octanol–water partition coefficient (Wildman–Crippen LogP) is 1.63. The number of amides is 1. The molecule has 96 valence electrons. The summed E-state index contributed by atoms with van der Waals surface area (Å²) in [6.45, 7) is 0. The lowest BCUT2D eigenvalue weighted by Gasteiger charge is -2.21. The zero-order valence-corrected chi connectivity index (χ0v) is 11.7. The second kappa shape index (κ2) is 5.19. The third-order valence-corrected chi connectivity index (χ3v) is 4.35. The minimum atomic E-state index is -0.978. The van der Waals surface area contributed by atoms with E-state index >= 15 is 0 Å². The van der Waals surface area contributed by atoms with Crippen LogP contribution in [0.2, 0.25) is 0 Å². The van der Waals surface area contributed by atoms with Crippen molar-refractivity contribution in [1.82, 2.24) is 4.90 Å². The highest BCUT2D eigenvalue weighted by atomic mass is 79.9. The molecular formula is C11H11BrN2O3S. The van der Waals surface area contributed by atoms with E-state index in [2.05, 4.69) is 15.9 Å². The van der Waals surface area contributed by atoms with Gasteiger partial charge >= 0.3 is 5.97 Å². The highest BCUT2D eigenvalue weighted by Gasteiger charge is 2.35. The van der Waals surface area contributed by atoms with Crippen LogP contribution in [0, 0.1) is 0 Å². The highest BCUT2D eigenvalue weighted by Crippen LogP contribution is 2.27. The summed E-state index contributed by atoms with van der Waals surface area (Å²) in [5.74, 6) is -0.488. The average molecular weight is 331 g/mol. The summed E-state index contributed by atoms with van der Waals surface area (Å²) in [6.07, 6.45) is 0. The molecule has 1 aliphatic rings. The van der Waals surface area contributed by atoms with E-state index in [1.165, 1.54) is 16.7 Å². The van der Waals surface area contributed by atoms with Gasteiger partial charge in [0.15, 0.2) is 0 Å². The number of halogens is 1. The number of thioether (sulfide) groups is 1. The normalized spacial score (nSPS) is 18.9. The summed E-state index contributed by atoms with van der Waals surface area (Å²) in [6, 6.07) is 4.14. The van der Waals surface area contributed by atoms with Crippen molar-refractivity contribution in [2.45, 2.75) is 6.04 Å². The van der Waals surface area contributed by atoms with Crippen LogP contribution in [0.4, 0.5) is 5.69 Å². The third kappa shape index (κ3) is 2.46. The van der Waals surface area contributed by atoms with Gasteiger partial charge in [-0.1, -0.05) is 0 Å². The van der Waals surface area contributed by atoms with Crippen LogP contribution in [0.15, 0.2) is 22.7 Å². The first-order chi connectivity index (χ1) is 8.50. The van der Waals surface area contributed by atoms with Crippen LogP contribution in [0.1, 0.15) is 10.4 Å². The van der Waals surface area contributed by atoms with Gasteiger partial charge in [-0.2, -0.15) is 0 Å². The molecule has 1 aromatic rings. The molecule has 0 aromatic heterocycles. The molecular weight excluding hydrogens is 320 g/mol. The largest absolute Gasteiger partial charge is 0.480 e. The minimum absolute atomic E-state index is 0.313. The summed E-state index contributed by atoms with van der Waals surface area (Å²) in [4.78, 5) is 24.7. The Morgan fingerprint density at radius 1 is 1.50 bits per heavy atom. The number of rotatable bonds is 2. The van der Waals surface area contributed by atoms with Gasteiger partial charge in [-0.3, -0.25) is 4.79 Å². The van der Waals surface area contributed by atoms with Crippen LogP contribution in [0.25, 0.3) is 0 Å². The number of carboxylic acids is 1. The van der Waals surface area contributed by atoms with Gasteiger partial charge in [0.25, 0.3) is 5.91 Å². The Labute approximate surface area is 116 Å². The number of nitrogens with two attached hydrogens (primary N) is 1. The van der Waals surface area contributed by atoms with E-state index < -0.39 is 12.0 Å². The van der Waals surface area contributed by atoms with Gasteiger partial charge < -0.3 is 15.7 Å². The quantitative estimate of drug-likeness (QED) is 0.805. The summed E-state index contributed by atoms with van der Waals surface area (Å²) in [7, 11) is 0. The molecule has 7 heteroatoms. The van der Waals surface area contributed by atoms with E-state index in [0.717, 1.165) is 0 Å². The average Bonchev–Trinajstić information content (AvgIpc) is 2.80. The lowest BCUT2D eigenvalue weighted by Crippen LogP contribution is -2.41. The number of carboxylic acid groups (broad SMARTS) is 1. The van der Waals surface area contributed by atoms with E-state index in [9.17, 15) is 9.59 Å². The molecule has 18 heavy (non-hydrogen) atoms. The summed E-state index contributed by atoms with van der Waals surface area (Å²) in [5.41, 5.74) is 6.51. The number of anilines is 1. The second-order valence-corrected chi connectivity index (χ2v) is 5.72. The number of carbonyl (C=O) groups is 2. The summed E-state index contributed by atoms with van der Waals surface area (Å²) in [5, 5.41) is 9.06. The Hall–Kier alpha value is -1.21. The first kappa shape index (κ1) is 13.2. The van der Waals surface area contributed by atoms with Crippen LogP contribution < -0.4 is 5.73 Å². The van der Waals surface area contributed by atoms with Gasteiger partial charge in [0.05, 0.1) is 11.4 Å². The Morgan fingerprint density at radius 2 is 2.22 bits per heavy atom. The summed E-state index contributed by atoms with van der Waals surface area (Å²) >= 11 is 4.71. The van der Waals surface area contributed by atoms with E-state index in [-0.39, 0.29) is 5.91 Å². The molecule has 3 N–H and O–H groups in total. The van der Waals surface area contributed by atoms with E-state index in [4.69, 9.17) is 10.8 Å². The lowest BCUT2D eigenvalue weighted by molar-refractivity contribution is -0.140. The topological polar surface area (TPSA) is 83.6 Å². The number of benzene rings is 1. The van der Waals surface area contributed by atoms with Crippen LogP contribution in [-0.4, -0.2) is 39.6 Å². The van der Waals surface area contributed by atoms with E-state index in [0.29, 0.717) is 27.4 Å². The first-order valence-corrected chi connectivity index (χ1v) is 7.12. The molecule has 1 heterocycles. The van der Waals surface area contributed by atoms with Crippen molar-refractivity contribution in [2.24, 2.45) is 0 Å². The molecule has 5 nitrogen and oxygen atoms in total. The predicted molar refractivity (Wildman–Crippen MR) is 73.5 cm³/mol. The monoisotopic (exact) mass is 330 g/mol. The molecule has 0 bridgehead atoms. The fourth-order valence-corrected chi connectivity index (χ4v) is 3.27. The zero-order valence-electron chi connectivity index (χ0n) is 9.30. The molecule has 0 spiro atoms.